The average Bonchev–Trinajstić information content (AvgIpc) is 2.81. The summed E-state index contributed by atoms with van der Waals surface area (Å²) < 4.78 is 39.2. The van der Waals surface area contributed by atoms with Crippen molar-refractivity contribution in [3.05, 3.63) is 53.3 Å². The Labute approximate surface area is 142 Å². The number of nitrogens with one attached hydrogen (secondary N) is 1. The van der Waals surface area contributed by atoms with E-state index in [0.717, 1.165) is 5.69 Å². The van der Waals surface area contributed by atoms with E-state index in [-0.39, 0.29) is 5.56 Å². The van der Waals surface area contributed by atoms with Crippen molar-refractivity contribution in [2.24, 2.45) is 0 Å². The number of hydrogen-bond donors (Lipinski definition) is 2. The summed E-state index contributed by atoms with van der Waals surface area (Å²) in [5, 5.41) is 10.9. The summed E-state index contributed by atoms with van der Waals surface area (Å²) in [5.74, 6) is -2.59. The molecule has 2 N–H and O–H groups in total. The molecular formula is C17H17F3N2O3. The topological polar surface area (TPSA) is 71.3 Å². The van der Waals surface area contributed by atoms with Crippen LogP contribution >= 0.6 is 0 Å². The first-order valence-electron chi connectivity index (χ1n) is 7.45. The Balaban J connectivity index is 2.30. The summed E-state index contributed by atoms with van der Waals surface area (Å²) in [4.78, 5) is 23.3. The zero-order valence-corrected chi connectivity index (χ0v) is 13.6. The molecule has 8 heteroatoms. The Morgan fingerprint density at radius 2 is 1.80 bits per heavy atom. The minimum atomic E-state index is -4.70. The van der Waals surface area contributed by atoms with Gasteiger partial charge in [0, 0.05) is 17.1 Å². The Kier molecular flexibility index (Phi) is 5.20. The van der Waals surface area contributed by atoms with Crippen molar-refractivity contribution in [1.82, 2.24) is 9.88 Å². The summed E-state index contributed by atoms with van der Waals surface area (Å²) in [5.41, 5.74) is 2.14. The predicted molar refractivity (Wildman–Crippen MR) is 84.8 cm³/mol. The maximum Gasteiger partial charge on any atom is 0.391 e. The zero-order valence-electron chi connectivity index (χ0n) is 13.6. The Morgan fingerprint density at radius 1 is 1.20 bits per heavy atom. The van der Waals surface area contributed by atoms with Gasteiger partial charge in [0.05, 0.1) is 12.0 Å². The fourth-order valence-electron chi connectivity index (χ4n) is 2.63. The molecule has 0 radical (unpaired) electrons. The Morgan fingerprint density at radius 3 is 2.32 bits per heavy atom. The van der Waals surface area contributed by atoms with Gasteiger partial charge in [-0.25, -0.2) is 4.79 Å². The predicted octanol–water partition coefficient (Wildman–Crippen LogP) is 3.23. The van der Waals surface area contributed by atoms with Gasteiger partial charge in [-0.15, -0.1) is 0 Å². The van der Waals surface area contributed by atoms with E-state index in [1.807, 2.05) is 35.6 Å². The minimum Gasteiger partial charge on any atom is -0.480 e. The lowest BCUT2D eigenvalue weighted by Crippen LogP contribution is -2.43. The fourth-order valence-corrected chi connectivity index (χ4v) is 2.63. The summed E-state index contributed by atoms with van der Waals surface area (Å²) in [6.07, 6.45) is -6.33. The Hall–Kier alpha value is -2.77. The highest BCUT2D eigenvalue weighted by molar-refractivity contribution is 5.98. The Bertz CT molecular complexity index is 782. The molecule has 0 bridgehead atoms. The number of nitrogens with zero attached hydrogens (tertiary/aromatic N) is 1. The van der Waals surface area contributed by atoms with Crippen LogP contribution in [0.25, 0.3) is 5.69 Å². The van der Waals surface area contributed by atoms with Crippen molar-refractivity contribution in [1.29, 1.82) is 0 Å². The molecule has 0 fully saturated rings. The lowest BCUT2D eigenvalue weighted by Gasteiger charge is -2.16. The van der Waals surface area contributed by atoms with Crippen LogP contribution in [0.15, 0.2) is 36.4 Å². The summed E-state index contributed by atoms with van der Waals surface area (Å²) in [6.45, 7) is 3.40. The first kappa shape index (κ1) is 18.6. The van der Waals surface area contributed by atoms with Gasteiger partial charge in [-0.1, -0.05) is 18.2 Å². The van der Waals surface area contributed by atoms with Crippen LogP contribution in [-0.2, 0) is 4.79 Å². The van der Waals surface area contributed by atoms with Gasteiger partial charge >= 0.3 is 12.1 Å². The highest BCUT2D eigenvalue weighted by Gasteiger charge is 2.36. The highest BCUT2D eigenvalue weighted by atomic mass is 19.4. The quantitative estimate of drug-likeness (QED) is 0.866. The van der Waals surface area contributed by atoms with Gasteiger partial charge in [-0.2, -0.15) is 13.2 Å². The van der Waals surface area contributed by atoms with Crippen molar-refractivity contribution in [2.75, 3.05) is 0 Å². The molecule has 0 saturated carbocycles. The molecule has 134 valence electrons. The molecule has 0 saturated heterocycles. The number of aromatic nitrogens is 1. The molecule has 1 aromatic heterocycles. The molecule has 0 aliphatic rings. The summed E-state index contributed by atoms with van der Waals surface area (Å²) >= 11 is 0. The number of benzene rings is 1. The summed E-state index contributed by atoms with van der Waals surface area (Å²) in [7, 11) is 0. The summed E-state index contributed by atoms with van der Waals surface area (Å²) in [6, 6.07) is 8.60. The van der Waals surface area contributed by atoms with Gasteiger partial charge in [0.15, 0.2) is 0 Å². The standard InChI is InChI=1S/C17H17F3N2O3/c1-10-8-13(11(2)22(10)12-6-4-3-5-7-12)15(23)21-14(16(24)25)9-17(18,19)20/h3-8,14H,9H2,1-2H3,(H,21,23)(H,24,25). The molecule has 1 amide bonds. The lowest BCUT2D eigenvalue weighted by atomic mass is 10.1. The second kappa shape index (κ2) is 7.00. The third-order valence-corrected chi connectivity index (χ3v) is 3.73. The first-order valence-corrected chi connectivity index (χ1v) is 7.45. The molecule has 0 aliphatic carbocycles. The van der Waals surface area contributed by atoms with E-state index in [1.165, 1.54) is 6.07 Å². The van der Waals surface area contributed by atoms with Crippen LogP contribution in [0, 0.1) is 13.8 Å². The van der Waals surface area contributed by atoms with E-state index >= 15 is 0 Å². The van der Waals surface area contributed by atoms with Gasteiger partial charge < -0.3 is 15.0 Å². The number of alkyl halides is 3. The van der Waals surface area contributed by atoms with Gasteiger partial charge in [0.2, 0.25) is 0 Å². The maximum absolute atomic E-state index is 12.5. The van der Waals surface area contributed by atoms with Crippen molar-refractivity contribution in [2.45, 2.75) is 32.5 Å². The smallest absolute Gasteiger partial charge is 0.391 e. The van der Waals surface area contributed by atoms with Gasteiger partial charge in [-0.05, 0) is 32.0 Å². The van der Waals surface area contributed by atoms with Gasteiger partial charge in [0.25, 0.3) is 5.91 Å². The minimum absolute atomic E-state index is 0.134. The second-order valence-corrected chi connectivity index (χ2v) is 5.64. The van der Waals surface area contributed by atoms with E-state index in [0.29, 0.717) is 11.4 Å². The number of carbonyl (C=O) groups is 2. The molecule has 1 heterocycles. The van der Waals surface area contributed by atoms with Crippen LogP contribution in [0.3, 0.4) is 0 Å². The average molecular weight is 354 g/mol. The molecule has 0 spiro atoms. The number of hydrogen-bond acceptors (Lipinski definition) is 2. The van der Waals surface area contributed by atoms with Crippen LogP contribution in [-0.4, -0.2) is 33.8 Å². The van der Waals surface area contributed by atoms with Crippen LogP contribution in [0.5, 0.6) is 0 Å². The SMILES string of the molecule is Cc1cc(C(=O)NC(CC(F)(F)F)C(=O)O)c(C)n1-c1ccccc1. The molecule has 0 aliphatic heterocycles. The number of amides is 1. The van der Waals surface area contributed by atoms with E-state index in [4.69, 9.17) is 5.11 Å². The molecule has 25 heavy (non-hydrogen) atoms. The van der Waals surface area contributed by atoms with E-state index in [9.17, 15) is 22.8 Å². The van der Waals surface area contributed by atoms with Crippen LogP contribution in [0.4, 0.5) is 13.2 Å². The van der Waals surface area contributed by atoms with Crippen molar-refractivity contribution < 1.29 is 27.9 Å². The van der Waals surface area contributed by atoms with Crippen LogP contribution in [0.1, 0.15) is 28.2 Å². The molecule has 5 nitrogen and oxygen atoms in total. The number of carboxylic acids is 1. The largest absolute Gasteiger partial charge is 0.480 e. The van der Waals surface area contributed by atoms with E-state index in [1.54, 1.807) is 18.4 Å². The molecule has 1 aromatic carbocycles. The number of aryl methyl sites for hydroxylation is 1. The molecule has 1 atom stereocenters. The van der Waals surface area contributed by atoms with E-state index < -0.39 is 30.5 Å². The lowest BCUT2D eigenvalue weighted by molar-refractivity contribution is -0.157. The second-order valence-electron chi connectivity index (χ2n) is 5.64. The van der Waals surface area contributed by atoms with Crippen molar-refractivity contribution in [3.8, 4) is 5.69 Å². The first-order chi connectivity index (χ1) is 11.6. The number of carboxylic acid groups (broad SMARTS) is 1. The van der Waals surface area contributed by atoms with Crippen molar-refractivity contribution in [3.63, 3.8) is 0 Å². The number of rotatable bonds is 5. The maximum atomic E-state index is 12.5. The van der Waals surface area contributed by atoms with Crippen molar-refractivity contribution >= 4 is 11.9 Å². The number of para-hydroxylation sites is 1. The van der Waals surface area contributed by atoms with E-state index in [2.05, 4.69) is 0 Å². The fraction of sp³-hybridized carbons (Fsp3) is 0.294. The van der Waals surface area contributed by atoms with Gasteiger partial charge in [-0.3, -0.25) is 4.79 Å². The number of aliphatic carboxylic acids is 1. The number of carbonyl (C=O) groups excluding carboxylic acids is 1. The normalized spacial score (nSPS) is 12.7. The zero-order chi connectivity index (χ0) is 18.8. The number of halogens is 3. The highest BCUT2D eigenvalue weighted by Crippen LogP contribution is 2.23. The van der Waals surface area contributed by atoms with Gasteiger partial charge in [0.1, 0.15) is 6.04 Å². The van der Waals surface area contributed by atoms with Crippen LogP contribution < -0.4 is 5.32 Å². The molecular weight excluding hydrogens is 337 g/mol. The third-order valence-electron chi connectivity index (χ3n) is 3.73. The molecule has 1 unspecified atom stereocenters. The monoisotopic (exact) mass is 354 g/mol. The molecule has 2 rings (SSSR count). The third kappa shape index (κ3) is 4.40. The molecule has 2 aromatic rings. The van der Waals surface area contributed by atoms with Crippen LogP contribution in [0.2, 0.25) is 0 Å².